The monoisotopic (exact) mass is 477 g/mol. The van der Waals surface area contributed by atoms with Crippen LogP contribution in [0.2, 0.25) is 10.0 Å². The number of nitrogens with two attached hydrogens (primary N) is 1. The third-order valence-electron chi connectivity index (χ3n) is 7.62. The van der Waals surface area contributed by atoms with Crippen LogP contribution in [0.3, 0.4) is 0 Å². The summed E-state index contributed by atoms with van der Waals surface area (Å²) in [6.07, 6.45) is 4.79. The quantitative estimate of drug-likeness (QED) is 0.393. The minimum Gasteiger partial charge on any atom is -0.356 e. The number of piperidine rings is 1. The molecule has 0 radical (unpaired) electrons. The maximum atomic E-state index is 6.78. The highest BCUT2D eigenvalue weighted by Gasteiger charge is 2.46. The molecule has 1 unspecified atom stereocenters. The minimum atomic E-state index is 0.108. The molecule has 6 rings (SSSR count). The van der Waals surface area contributed by atoms with Crippen molar-refractivity contribution in [3.63, 3.8) is 0 Å². The van der Waals surface area contributed by atoms with Crippen molar-refractivity contribution in [1.82, 2.24) is 14.6 Å². The van der Waals surface area contributed by atoms with E-state index in [9.17, 15) is 0 Å². The van der Waals surface area contributed by atoms with Crippen molar-refractivity contribution >= 4 is 34.7 Å². The largest absolute Gasteiger partial charge is 0.356 e. The van der Waals surface area contributed by atoms with Gasteiger partial charge in [0.2, 0.25) is 0 Å². The fourth-order valence-electron chi connectivity index (χ4n) is 5.82. The summed E-state index contributed by atoms with van der Waals surface area (Å²) in [5.74, 6) is 1.06. The van der Waals surface area contributed by atoms with Crippen LogP contribution in [0.25, 0.3) is 16.8 Å². The molecule has 1 saturated heterocycles. The van der Waals surface area contributed by atoms with Crippen LogP contribution in [0.1, 0.15) is 35.6 Å². The number of rotatable bonds is 2. The normalized spacial score (nSPS) is 19.4. The van der Waals surface area contributed by atoms with Crippen molar-refractivity contribution in [2.24, 2.45) is 11.1 Å². The lowest BCUT2D eigenvalue weighted by molar-refractivity contribution is 0.187. The van der Waals surface area contributed by atoms with E-state index in [1.165, 1.54) is 11.1 Å². The molecule has 2 aromatic carbocycles. The zero-order valence-corrected chi connectivity index (χ0v) is 19.9. The number of hydrogen-bond acceptors (Lipinski definition) is 4. The first-order chi connectivity index (χ1) is 16.0. The Morgan fingerprint density at radius 3 is 2.64 bits per heavy atom. The van der Waals surface area contributed by atoms with Crippen LogP contribution in [0.5, 0.6) is 0 Å². The van der Waals surface area contributed by atoms with Gasteiger partial charge in [-0.2, -0.15) is 9.61 Å². The molecular weight excluding hydrogens is 453 g/mol. The molecule has 168 valence electrons. The van der Waals surface area contributed by atoms with Gasteiger partial charge in [-0.25, -0.2) is 4.98 Å². The van der Waals surface area contributed by atoms with Crippen molar-refractivity contribution in [3.8, 4) is 11.1 Å². The molecule has 0 saturated carbocycles. The third kappa shape index (κ3) is 3.17. The number of aromatic nitrogens is 3. The second-order valence-electron chi connectivity index (χ2n) is 9.36. The van der Waals surface area contributed by atoms with Crippen LogP contribution in [-0.4, -0.2) is 27.7 Å². The Labute approximate surface area is 203 Å². The lowest BCUT2D eigenvalue weighted by Gasteiger charge is -2.43. The highest BCUT2D eigenvalue weighted by atomic mass is 35.5. The second-order valence-corrected chi connectivity index (χ2v) is 10.1. The number of aryl methyl sites for hydroxylation is 1. The van der Waals surface area contributed by atoms with Crippen molar-refractivity contribution in [1.29, 1.82) is 0 Å². The fourth-order valence-corrected chi connectivity index (χ4v) is 6.22. The average molecular weight is 478 g/mol. The Kier molecular flexibility index (Phi) is 4.91. The molecule has 1 aliphatic heterocycles. The summed E-state index contributed by atoms with van der Waals surface area (Å²) in [7, 11) is 0. The van der Waals surface area contributed by atoms with Crippen LogP contribution in [0.15, 0.2) is 54.9 Å². The van der Waals surface area contributed by atoms with Gasteiger partial charge in [-0.1, -0.05) is 59.6 Å². The summed E-state index contributed by atoms with van der Waals surface area (Å²) < 4.78 is 1.93. The van der Waals surface area contributed by atoms with Gasteiger partial charge < -0.3 is 10.6 Å². The molecule has 2 aromatic heterocycles. The van der Waals surface area contributed by atoms with Crippen molar-refractivity contribution in [2.75, 3.05) is 18.0 Å². The summed E-state index contributed by atoms with van der Waals surface area (Å²) >= 11 is 12.9. The molecule has 2 aliphatic rings. The first-order valence-electron chi connectivity index (χ1n) is 11.3. The molecule has 33 heavy (non-hydrogen) atoms. The van der Waals surface area contributed by atoms with Crippen molar-refractivity contribution in [3.05, 3.63) is 81.6 Å². The zero-order valence-electron chi connectivity index (χ0n) is 18.4. The van der Waals surface area contributed by atoms with E-state index in [-0.39, 0.29) is 11.5 Å². The molecule has 1 fully saturated rings. The molecule has 1 aliphatic carbocycles. The molecule has 1 spiro atoms. The van der Waals surface area contributed by atoms with Gasteiger partial charge in [-0.05, 0) is 60.4 Å². The number of halogens is 2. The summed E-state index contributed by atoms with van der Waals surface area (Å²) in [6, 6.07) is 16.6. The summed E-state index contributed by atoms with van der Waals surface area (Å²) in [5.41, 5.74) is 13.4. The van der Waals surface area contributed by atoms with Crippen LogP contribution < -0.4 is 10.6 Å². The topological polar surface area (TPSA) is 59.5 Å². The van der Waals surface area contributed by atoms with Gasteiger partial charge in [0.25, 0.3) is 0 Å². The number of fused-ring (bicyclic) bond motifs is 2. The highest BCUT2D eigenvalue weighted by molar-refractivity contribution is 6.43. The summed E-state index contributed by atoms with van der Waals surface area (Å²) in [4.78, 5) is 7.01. The zero-order chi connectivity index (χ0) is 22.7. The number of benzene rings is 2. The van der Waals surface area contributed by atoms with E-state index in [0.717, 1.165) is 60.5 Å². The Hall–Kier alpha value is -2.60. The lowest BCUT2D eigenvalue weighted by Crippen LogP contribution is -2.45. The standard InChI is InChI=1S/C26H25Cl2N5/c1-16-13-21(33-25(30-15-31-33)22(16)19-7-4-8-20(27)23(19)28)32-11-9-26(10-12-32)14-17-5-2-3-6-18(17)24(26)29/h2-8,13,15,24H,9-12,14,29H2,1H3. The van der Waals surface area contributed by atoms with Gasteiger partial charge in [0, 0.05) is 30.3 Å². The Balaban J connectivity index is 1.34. The van der Waals surface area contributed by atoms with Gasteiger partial charge >= 0.3 is 0 Å². The van der Waals surface area contributed by atoms with E-state index in [2.05, 4.69) is 52.2 Å². The Bertz CT molecular complexity index is 1370. The Morgan fingerprint density at radius 1 is 1.06 bits per heavy atom. The molecular formula is C26H25Cl2N5. The molecule has 2 N–H and O–H groups in total. The average Bonchev–Trinajstić information content (AvgIpc) is 3.40. The summed E-state index contributed by atoms with van der Waals surface area (Å²) in [5, 5.41) is 5.64. The lowest BCUT2D eigenvalue weighted by atomic mass is 9.73. The second kappa shape index (κ2) is 7.73. The van der Waals surface area contributed by atoms with Gasteiger partial charge in [-0.3, -0.25) is 0 Å². The fraction of sp³-hybridized carbons (Fsp3) is 0.308. The molecule has 0 amide bonds. The van der Waals surface area contributed by atoms with E-state index in [1.807, 2.05) is 16.6 Å². The first-order valence-corrected chi connectivity index (χ1v) is 12.1. The molecule has 3 heterocycles. The molecule has 7 heteroatoms. The molecule has 1 atom stereocenters. The predicted octanol–water partition coefficient (Wildman–Crippen LogP) is 5.85. The third-order valence-corrected chi connectivity index (χ3v) is 8.44. The number of pyridine rings is 1. The van der Waals surface area contributed by atoms with Gasteiger partial charge in [0.1, 0.15) is 12.1 Å². The van der Waals surface area contributed by atoms with Crippen LogP contribution >= 0.6 is 23.2 Å². The van der Waals surface area contributed by atoms with Gasteiger partial charge in [0.15, 0.2) is 5.65 Å². The van der Waals surface area contributed by atoms with Crippen molar-refractivity contribution < 1.29 is 0 Å². The van der Waals surface area contributed by atoms with E-state index in [1.54, 1.807) is 12.4 Å². The summed E-state index contributed by atoms with van der Waals surface area (Å²) in [6.45, 7) is 3.97. The SMILES string of the molecule is Cc1cc(N2CCC3(CC2)Cc2ccccc2C3N)n2ncnc2c1-c1cccc(Cl)c1Cl. The molecule has 4 aromatic rings. The van der Waals surface area contributed by atoms with E-state index < -0.39 is 0 Å². The van der Waals surface area contributed by atoms with Crippen LogP contribution in [0.4, 0.5) is 5.82 Å². The van der Waals surface area contributed by atoms with Gasteiger partial charge in [-0.15, -0.1) is 0 Å². The number of nitrogens with zero attached hydrogens (tertiary/aromatic N) is 4. The van der Waals surface area contributed by atoms with Crippen LogP contribution in [-0.2, 0) is 6.42 Å². The predicted molar refractivity (Wildman–Crippen MR) is 134 cm³/mol. The van der Waals surface area contributed by atoms with E-state index >= 15 is 0 Å². The highest BCUT2D eigenvalue weighted by Crippen LogP contribution is 2.51. The van der Waals surface area contributed by atoms with E-state index in [0.29, 0.717) is 10.0 Å². The molecule has 5 nitrogen and oxygen atoms in total. The van der Waals surface area contributed by atoms with Crippen molar-refractivity contribution in [2.45, 2.75) is 32.2 Å². The van der Waals surface area contributed by atoms with Crippen LogP contribution in [0, 0.1) is 12.3 Å². The molecule has 0 bridgehead atoms. The first kappa shape index (κ1) is 21.0. The maximum absolute atomic E-state index is 6.78. The number of anilines is 1. The smallest absolute Gasteiger partial charge is 0.165 e. The minimum absolute atomic E-state index is 0.108. The maximum Gasteiger partial charge on any atom is 0.165 e. The van der Waals surface area contributed by atoms with Gasteiger partial charge in [0.05, 0.1) is 10.0 Å². The Morgan fingerprint density at radius 2 is 1.85 bits per heavy atom. The number of hydrogen-bond donors (Lipinski definition) is 1. The van der Waals surface area contributed by atoms with E-state index in [4.69, 9.17) is 28.9 Å².